The van der Waals surface area contributed by atoms with E-state index in [-0.39, 0.29) is 6.04 Å². The number of aromatic nitrogens is 2. The second-order valence-electron chi connectivity index (χ2n) is 7.20. The van der Waals surface area contributed by atoms with Crippen molar-refractivity contribution in [2.45, 2.75) is 23.8 Å². The number of likely N-dealkylation sites (N-methyl/N-ethyl adjacent to an activating group) is 1. The summed E-state index contributed by atoms with van der Waals surface area (Å²) in [5.74, 6) is 0. The summed E-state index contributed by atoms with van der Waals surface area (Å²) < 4.78 is 28.3. The van der Waals surface area contributed by atoms with E-state index in [9.17, 15) is 8.42 Å². The molecule has 0 amide bonds. The molecule has 27 heavy (non-hydrogen) atoms. The van der Waals surface area contributed by atoms with Crippen LogP contribution in [0.4, 0.5) is 0 Å². The van der Waals surface area contributed by atoms with Crippen LogP contribution in [-0.4, -0.2) is 74.7 Å². The lowest BCUT2D eigenvalue weighted by Gasteiger charge is -2.32. The standard InChI is InChI=1S/C19H27N5O2S/c1-23(2)13-14-24-11-8-18(9-12-24)22-27(25,26)19-5-3-16(4-6-19)17-7-10-20-21-15-17/h3-7,10,15,18,22H,8-9,11-14H2,1-2H3. The molecular formula is C19H27N5O2S. The van der Waals surface area contributed by atoms with E-state index in [0.717, 1.165) is 50.1 Å². The summed E-state index contributed by atoms with van der Waals surface area (Å²) in [6.07, 6.45) is 4.96. The minimum atomic E-state index is -3.51. The van der Waals surface area contributed by atoms with Crippen LogP contribution in [0.2, 0.25) is 0 Å². The molecule has 8 heteroatoms. The molecule has 146 valence electrons. The van der Waals surface area contributed by atoms with Crippen LogP contribution in [0, 0.1) is 0 Å². The first-order valence-electron chi connectivity index (χ1n) is 9.20. The van der Waals surface area contributed by atoms with Crippen molar-refractivity contribution in [1.29, 1.82) is 0 Å². The van der Waals surface area contributed by atoms with Crippen LogP contribution in [0.15, 0.2) is 47.6 Å². The zero-order valence-electron chi connectivity index (χ0n) is 15.9. The molecular weight excluding hydrogens is 362 g/mol. The van der Waals surface area contributed by atoms with Crippen molar-refractivity contribution in [1.82, 2.24) is 24.7 Å². The quantitative estimate of drug-likeness (QED) is 0.772. The van der Waals surface area contributed by atoms with E-state index in [4.69, 9.17) is 0 Å². The average molecular weight is 390 g/mol. The number of piperidine rings is 1. The summed E-state index contributed by atoms with van der Waals surface area (Å²) >= 11 is 0. The van der Waals surface area contributed by atoms with Crippen molar-refractivity contribution >= 4 is 10.0 Å². The Labute approximate surface area is 161 Å². The Hall–Kier alpha value is -1.87. The molecule has 1 N–H and O–H groups in total. The van der Waals surface area contributed by atoms with Gasteiger partial charge in [0.25, 0.3) is 0 Å². The van der Waals surface area contributed by atoms with Gasteiger partial charge in [-0.1, -0.05) is 12.1 Å². The molecule has 1 fully saturated rings. The Morgan fingerprint density at radius 2 is 1.78 bits per heavy atom. The summed E-state index contributed by atoms with van der Waals surface area (Å²) in [6, 6.07) is 8.73. The smallest absolute Gasteiger partial charge is 0.240 e. The number of hydrogen-bond donors (Lipinski definition) is 1. The molecule has 0 saturated carbocycles. The molecule has 0 spiro atoms. The Balaban J connectivity index is 1.57. The zero-order valence-corrected chi connectivity index (χ0v) is 16.7. The molecule has 0 atom stereocenters. The summed E-state index contributed by atoms with van der Waals surface area (Å²) in [5, 5.41) is 7.61. The van der Waals surface area contributed by atoms with Crippen LogP contribution in [-0.2, 0) is 10.0 Å². The predicted molar refractivity (Wildman–Crippen MR) is 106 cm³/mol. The molecule has 2 aromatic rings. The molecule has 0 radical (unpaired) electrons. The van der Waals surface area contributed by atoms with Crippen LogP contribution in [0.5, 0.6) is 0 Å². The summed E-state index contributed by atoms with van der Waals surface area (Å²) in [6.45, 7) is 3.90. The van der Waals surface area contributed by atoms with Gasteiger partial charge in [-0.05, 0) is 63.8 Å². The number of benzene rings is 1. The third-order valence-corrected chi connectivity index (χ3v) is 6.39. The Morgan fingerprint density at radius 3 is 2.37 bits per heavy atom. The second-order valence-corrected chi connectivity index (χ2v) is 8.91. The lowest BCUT2D eigenvalue weighted by atomic mass is 10.1. The van der Waals surface area contributed by atoms with Gasteiger partial charge in [0.15, 0.2) is 0 Å². The van der Waals surface area contributed by atoms with E-state index in [1.807, 2.05) is 6.07 Å². The normalized spacial score (nSPS) is 16.7. The van der Waals surface area contributed by atoms with Crippen molar-refractivity contribution in [3.8, 4) is 11.1 Å². The van der Waals surface area contributed by atoms with Gasteiger partial charge in [0.1, 0.15) is 0 Å². The molecule has 1 aromatic carbocycles. The monoisotopic (exact) mass is 389 g/mol. The van der Waals surface area contributed by atoms with Gasteiger partial charge in [0.2, 0.25) is 10.0 Å². The Morgan fingerprint density at radius 1 is 1.07 bits per heavy atom. The maximum Gasteiger partial charge on any atom is 0.240 e. The molecule has 1 saturated heterocycles. The predicted octanol–water partition coefficient (Wildman–Crippen LogP) is 1.45. The molecule has 0 bridgehead atoms. The van der Waals surface area contributed by atoms with Crippen LogP contribution in [0.25, 0.3) is 11.1 Å². The first kappa shape index (κ1) is 19.9. The van der Waals surface area contributed by atoms with Crippen LogP contribution >= 0.6 is 0 Å². The molecule has 3 rings (SSSR count). The summed E-state index contributed by atoms with van der Waals surface area (Å²) in [7, 11) is 0.627. The van der Waals surface area contributed by atoms with Crippen LogP contribution in [0.3, 0.4) is 0 Å². The minimum absolute atomic E-state index is 0.00493. The van der Waals surface area contributed by atoms with Crippen LogP contribution in [0.1, 0.15) is 12.8 Å². The van der Waals surface area contributed by atoms with E-state index >= 15 is 0 Å². The third-order valence-electron chi connectivity index (χ3n) is 4.86. The van der Waals surface area contributed by atoms with Crippen molar-refractivity contribution in [3.63, 3.8) is 0 Å². The number of nitrogens with zero attached hydrogens (tertiary/aromatic N) is 4. The number of sulfonamides is 1. The Kier molecular flexibility index (Phi) is 6.54. The lowest BCUT2D eigenvalue weighted by molar-refractivity contribution is 0.190. The molecule has 2 heterocycles. The highest BCUT2D eigenvalue weighted by atomic mass is 32.2. The van der Waals surface area contributed by atoms with Gasteiger partial charge in [-0.25, -0.2) is 13.1 Å². The largest absolute Gasteiger partial charge is 0.308 e. The molecule has 0 aliphatic carbocycles. The minimum Gasteiger partial charge on any atom is -0.308 e. The van der Waals surface area contributed by atoms with Gasteiger partial charge >= 0.3 is 0 Å². The number of hydrogen-bond acceptors (Lipinski definition) is 6. The van der Waals surface area contributed by atoms with E-state index in [2.05, 4.69) is 38.8 Å². The molecule has 1 aromatic heterocycles. The molecule has 1 aliphatic heterocycles. The van der Waals surface area contributed by atoms with Gasteiger partial charge < -0.3 is 9.80 Å². The highest BCUT2D eigenvalue weighted by Gasteiger charge is 2.24. The van der Waals surface area contributed by atoms with E-state index < -0.39 is 10.0 Å². The molecule has 0 unspecified atom stereocenters. The third kappa shape index (κ3) is 5.55. The fourth-order valence-electron chi connectivity index (χ4n) is 3.19. The topological polar surface area (TPSA) is 78.4 Å². The van der Waals surface area contributed by atoms with Crippen LogP contribution < -0.4 is 4.72 Å². The van der Waals surface area contributed by atoms with Crippen molar-refractivity contribution in [2.75, 3.05) is 40.3 Å². The molecule has 7 nitrogen and oxygen atoms in total. The maximum atomic E-state index is 12.7. The second kappa shape index (κ2) is 8.88. The fraction of sp³-hybridized carbons (Fsp3) is 0.474. The van der Waals surface area contributed by atoms with Crippen molar-refractivity contribution in [2.24, 2.45) is 0 Å². The average Bonchev–Trinajstić information content (AvgIpc) is 2.68. The van der Waals surface area contributed by atoms with E-state index in [1.54, 1.807) is 36.7 Å². The Bertz CT molecular complexity index is 817. The SMILES string of the molecule is CN(C)CCN1CCC(NS(=O)(=O)c2ccc(-c3ccnnc3)cc2)CC1. The molecule has 1 aliphatic rings. The highest BCUT2D eigenvalue weighted by Crippen LogP contribution is 2.21. The van der Waals surface area contributed by atoms with Gasteiger partial charge in [0.05, 0.1) is 17.3 Å². The fourth-order valence-corrected chi connectivity index (χ4v) is 4.50. The maximum absolute atomic E-state index is 12.7. The highest BCUT2D eigenvalue weighted by molar-refractivity contribution is 7.89. The number of rotatable bonds is 7. The summed E-state index contributed by atoms with van der Waals surface area (Å²) in [4.78, 5) is 4.85. The first-order chi connectivity index (χ1) is 12.9. The van der Waals surface area contributed by atoms with Gasteiger partial charge in [-0.15, -0.1) is 0 Å². The van der Waals surface area contributed by atoms with Gasteiger partial charge in [-0.3, -0.25) is 0 Å². The lowest BCUT2D eigenvalue weighted by Crippen LogP contribution is -2.45. The number of likely N-dealkylation sites (tertiary alicyclic amines) is 1. The number of nitrogens with one attached hydrogen (secondary N) is 1. The first-order valence-corrected chi connectivity index (χ1v) is 10.7. The zero-order chi connectivity index (χ0) is 19.3. The van der Waals surface area contributed by atoms with Crippen molar-refractivity contribution in [3.05, 3.63) is 42.7 Å². The van der Waals surface area contributed by atoms with Crippen molar-refractivity contribution < 1.29 is 8.42 Å². The van der Waals surface area contributed by atoms with E-state index in [1.165, 1.54) is 0 Å². The summed E-state index contributed by atoms with van der Waals surface area (Å²) in [5.41, 5.74) is 1.82. The van der Waals surface area contributed by atoms with Gasteiger partial charge in [-0.2, -0.15) is 10.2 Å². The van der Waals surface area contributed by atoms with E-state index in [0.29, 0.717) is 4.90 Å². The van der Waals surface area contributed by atoms with Gasteiger partial charge in [0, 0.05) is 24.7 Å².